The van der Waals surface area contributed by atoms with Gasteiger partial charge in [-0.1, -0.05) is 13.3 Å². The Kier molecular flexibility index (Phi) is 7.34. The summed E-state index contributed by atoms with van der Waals surface area (Å²) in [5.41, 5.74) is 5.57. The fraction of sp³-hybridized carbons (Fsp3) is 0.909. The highest BCUT2D eigenvalue weighted by Crippen LogP contribution is 2.07. The Bertz CT molecular complexity index is 179. The molecule has 0 fully saturated rings. The highest BCUT2D eigenvalue weighted by Gasteiger charge is 2.14. The molecule has 0 aliphatic heterocycles. The van der Waals surface area contributed by atoms with Crippen LogP contribution < -0.4 is 5.73 Å². The van der Waals surface area contributed by atoms with E-state index in [9.17, 15) is 4.79 Å². The minimum Gasteiger partial charge on any atom is -0.344 e. The molecule has 1 amide bonds. The maximum atomic E-state index is 11.7. The fourth-order valence-electron chi connectivity index (χ4n) is 1.27. The van der Waals surface area contributed by atoms with Crippen LogP contribution in [-0.2, 0) is 4.79 Å². The van der Waals surface area contributed by atoms with Gasteiger partial charge in [0.05, 0.1) is 0 Å². The van der Waals surface area contributed by atoms with E-state index in [2.05, 4.69) is 11.8 Å². The molecule has 90 valence electrons. The van der Waals surface area contributed by atoms with Crippen LogP contribution in [-0.4, -0.2) is 56.5 Å². The van der Waals surface area contributed by atoms with Crippen LogP contribution in [0, 0.1) is 5.92 Å². The highest BCUT2D eigenvalue weighted by molar-refractivity contribution is 5.76. The van der Waals surface area contributed by atoms with Crippen molar-refractivity contribution in [3.63, 3.8) is 0 Å². The number of amides is 1. The lowest BCUT2D eigenvalue weighted by Gasteiger charge is -2.21. The van der Waals surface area contributed by atoms with Gasteiger partial charge in [-0.2, -0.15) is 0 Å². The van der Waals surface area contributed by atoms with Crippen LogP contribution in [0.5, 0.6) is 0 Å². The zero-order valence-electron chi connectivity index (χ0n) is 10.5. The summed E-state index contributed by atoms with van der Waals surface area (Å²) in [7, 11) is 5.87. The fourth-order valence-corrected chi connectivity index (χ4v) is 1.27. The number of likely N-dealkylation sites (N-methyl/N-ethyl adjacent to an activating group) is 2. The Hall–Kier alpha value is -0.610. The molecule has 0 heterocycles. The molecule has 1 atom stereocenters. The quantitative estimate of drug-likeness (QED) is 0.668. The number of hydrogen-bond donors (Lipinski definition) is 1. The van der Waals surface area contributed by atoms with Crippen LogP contribution in [0.2, 0.25) is 0 Å². The van der Waals surface area contributed by atoms with Crippen LogP contribution in [0.25, 0.3) is 0 Å². The second-order valence-electron chi connectivity index (χ2n) is 4.33. The van der Waals surface area contributed by atoms with Gasteiger partial charge in [0.2, 0.25) is 5.91 Å². The number of carbonyl (C=O) groups excluding carboxylic acids is 1. The van der Waals surface area contributed by atoms with Crippen molar-refractivity contribution in [2.24, 2.45) is 11.7 Å². The lowest BCUT2D eigenvalue weighted by Crippen LogP contribution is -2.35. The molecule has 0 bridgehead atoms. The van der Waals surface area contributed by atoms with Gasteiger partial charge in [0.1, 0.15) is 0 Å². The molecule has 0 aromatic heterocycles. The minimum absolute atomic E-state index is 0.203. The van der Waals surface area contributed by atoms with Gasteiger partial charge in [0, 0.05) is 26.6 Å². The average Bonchev–Trinajstić information content (AvgIpc) is 2.21. The SMILES string of the molecule is CCC(CN)CC(=O)N(C)CCN(C)C. The van der Waals surface area contributed by atoms with Gasteiger partial charge in [0.25, 0.3) is 0 Å². The van der Waals surface area contributed by atoms with Crippen LogP contribution in [0.4, 0.5) is 0 Å². The zero-order chi connectivity index (χ0) is 11.8. The summed E-state index contributed by atoms with van der Waals surface area (Å²) in [5, 5.41) is 0. The number of carbonyl (C=O) groups is 1. The van der Waals surface area contributed by atoms with Gasteiger partial charge < -0.3 is 15.5 Å². The van der Waals surface area contributed by atoms with Gasteiger partial charge in [0.15, 0.2) is 0 Å². The first-order chi connectivity index (χ1) is 7.01. The Morgan fingerprint density at radius 2 is 1.87 bits per heavy atom. The molecule has 15 heavy (non-hydrogen) atoms. The summed E-state index contributed by atoms with van der Waals surface area (Å²) in [6.45, 7) is 4.36. The molecular formula is C11H25N3O. The Balaban J connectivity index is 3.87. The van der Waals surface area contributed by atoms with E-state index in [1.807, 2.05) is 21.1 Å². The molecule has 4 heteroatoms. The van der Waals surface area contributed by atoms with Gasteiger partial charge in [-0.15, -0.1) is 0 Å². The second-order valence-corrected chi connectivity index (χ2v) is 4.33. The first-order valence-corrected chi connectivity index (χ1v) is 5.60. The smallest absolute Gasteiger partial charge is 0.222 e. The van der Waals surface area contributed by atoms with Crippen molar-refractivity contribution in [2.75, 3.05) is 40.8 Å². The molecule has 0 saturated heterocycles. The van der Waals surface area contributed by atoms with E-state index in [1.165, 1.54) is 0 Å². The normalized spacial score (nSPS) is 12.9. The largest absolute Gasteiger partial charge is 0.344 e. The minimum atomic E-state index is 0.203. The van der Waals surface area contributed by atoms with Gasteiger partial charge >= 0.3 is 0 Å². The molecule has 0 radical (unpaired) electrons. The molecule has 0 aromatic carbocycles. The molecule has 0 aliphatic carbocycles. The summed E-state index contributed by atoms with van der Waals surface area (Å²) in [4.78, 5) is 15.6. The summed E-state index contributed by atoms with van der Waals surface area (Å²) >= 11 is 0. The van der Waals surface area contributed by atoms with E-state index in [-0.39, 0.29) is 5.91 Å². The van der Waals surface area contributed by atoms with E-state index < -0.39 is 0 Å². The zero-order valence-corrected chi connectivity index (χ0v) is 10.5. The highest BCUT2D eigenvalue weighted by atomic mass is 16.2. The van der Waals surface area contributed by atoms with Crippen molar-refractivity contribution in [1.82, 2.24) is 9.80 Å². The van der Waals surface area contributed by atoms with Crippen molar-refractivity contribution >= 4 is 5.91 Å². The Morgan fingerprint density at radius 1 is 1.27 bits per heavy atom. The molecule has 0 aliphatic rings. The van der Waals surface area contributed by atoms with Crippen LogP contribution in [0.3, 0.4) is 0 Å². The summed E-state index contributed by atoms with van der Waals surface area (Å²) in [6.07, 6.45) is 1.56. The third-order valence-corrected chi connectivity index (χ3v) is 2.68. The maximum absolute atomic E-state index is 11.7. The lowest BCUT2D eigenvalue weighted by atomic mass is 10.0. The molecular weight excluding hydrogens is 190 g/mol. The Labute approximate surface area is 93.4 Å². The van der Waals surface area contributed by atoms with Crippen molar-refractivity contribution in [1.29, 1.82) is 0 Å². The van der Waals surface area contributed by atoms with Gasteiger partial charge in [-0.25, -0.2) is 0 Å². The Morgan fingerprint density at radius 3 is 2.27 bits per heavy atom. The third kappa shape index (κ3) is 6.47. The topological polar surface area (TPSA) is 49.6 Å². The second kappa shape index (κ2) is 7.65. The maximum Gasteiger partial charge on any atom is 0.222 e. The van der Waals surface area contributed by atoms with E-state index in [1.54, 1.807) is 4.90 Å². The van der Waals surface area contributed by atoms with Crippen molar-refractivity contribution in [2.45, 2.75) is 19.8 Å². The van der Waals surface area contributed by atoms with Crippen molar-refractivity contribution in [3.05, 3.63) is 0 Å². The predicted molar refractivity (Wildman–Crippen MR) is 63.6 cm³/mol. The summed E-state index contributed by atoms with van der Waals surface area (Å²) in [5.74, 6) is 0.536. The predicted octanol–water partition coefficient (Wildman–Crippen LogP) is 0.381. The molecule has 0 aromatic rings. The van der Waals surface area contributed by atoms with Crippen LogP contribution >= 0.6 is 0 Å². The number of rotatable bonds is 7. The van der Waals surface area contributed by atoms with E-state index in [4.69, 9.17) is 5.73 Å². The van der Waals surface area contributed by atoms with Gasteiger partial charge in [-0.05, 0) is 26.6 Å². The molecule has 2 N–H and O–H groups in total. The average molecular weight is 215 g/mol. The van der Waals surface area contributed by atoms with Crippen LogP contribution in [0.1, 0.15) is 19.8 Å². The van der Waals surface area contributed by atoms with Gasteiger partial charge in [-0.3, -0.25) is 4.79 Å². The number of nitrogens with zero attached hydrogens (tertiary/aromatic N) is 2. The first-order valence-electron chi connectivity index (χ1n) is 5.60. The first kappa shape index (κ1) is 14.4. The standard InChI is InChI=1S/C11H25N3O/c1-5-10(9-12)8-11(15)14(4)7-6-13(2)3/h10H,5-9,12H2,1-4H3. The van der Waals surface area contributed by atoms with E-state index in [0.29, 0.717) is 18.9 Å². The van der Waals surface area contributed by atoms with E-state index >= 15 is 0 Å². The molecule has 0 rings (SSSR count). The van der Waals surface area contributed by atoms with Crippen molar-refractivity contribution in [3.8, 4) is 0 Å². The summed E-state index contributed by atoms with van der Waals surface area (Å²) in [6, 6.07) is 0. The molecule has 1 unspecified atom stereocenters. The van der Waals surface area contributed by atoms with E-state index in [0.717, 1.165) is 19.5 Å². The molecule has 0 spiro atoms. The lowest BCUT2D eigenvalue weighted by molar-refractivity contribution is -0.131. The number of hydrogen-bond acceptors (Lipinski definition) is 3. The summed E-state index contributed by atoms with van der Waals surface area (Å²) < 4.78 is 0. The molecule has 4 nitrogen and oxygen atoms in total. The third-order valence-electron chi connectivity index (χ3n) is 2.68. The van der Waals surface area contributed by atoms with Crippen LogP contribution in [0.15, 0.2) is 0 Å². The monoisotopic (exact) mass is 215 g/mol. The molecule has 0 saturated carbocycles. The number of nitrogens with two attached hydrogens (primary N) is 1. The van der Waals surface area contributed by atoms with Crippen molar-refractivity contribution < 1.29 is 4.79 Å².